The van der Waals surface area contributed by atoms with Crippen molar-refractivity contribution in [2.75, 3.05) is 0 Å². The summed E-state index contributed by atoms with van der Waals surface area (Å²) >= 11 is 0. The monoisotopic (exact) mass is 768 g/mol. The Morgan fingerprint density at radius 2 is 1.09 bits per heavy atom. The van der Waals surface area contributed by atoms with Crippen molar-refractivity contribution in [3.63, 3.8) is 0 Å². The molecule has 0 amide bonds. The van der Waals surface area contributed by atoms with E-state index in [4.69, 9.17) is 11.1 Å². The van der Waals surface area contributed by atoms with Crippen molar-refractivity contribution in [1.82, 2.24) is 0 Å². The Bertz CT molecular complexity index is 2530. The van der Waals surface area contributed by atoms with Gasteiger partial charge < -0.3 is 10.2 Å². The van der Waals surface area contributed by atoms with Gasteiger partial charge in [-0.3, -0.25) is 9.11 Å². The van der Waals surface area contributed by atoms with Crippen LogP contribution in [0.3, 0.4) is 0 Å². The Labute approximate surface area is 313 Å². The average Bonchev–Trinajstić information content (AvgIpc) is 3.16. The van der Waals surface area contributed by atoms with Gasteiger partial charge in [0.1, 0.15) is 21.2 Å². The SMILES string of the molecule is CCC1=CC(c2cc(CC)cc(CC)c2)=CC(CC)C1(c1c(S(=O)(=O)O)c(N=N)c(O)c2ccccc12)c1c(S(=O)(=O)O)c(N=N)c(O)c2ccccc12. The van der Waals surface area contributed by atoms with Crippen molar-refractivity contribution in [2.45, 2.75) is 68.6 Å². The summed E-state index contributed by atoms with van der Waals surface area (Å²) in [5.74, 6) is -2.29. The first kappa shape index (κ1) is 38.4. The molecule has 0 radical (unpaired) electrons. The number of hydrogen-bond acceptors (Lipinski definition) is 10. The highest BCUT2D eigenvalue weighted by molar-refractivity contribution is 7.86. The van der Waals surface area contributed by atoms with Crippen LogP contribution in [0.1, 0.15) is 68.4 Å². The van der Waals surface area contributed by atoms with Crippen LogP contribution in [0.25, 0.3) is 27.1 Å². The number of nitrogens with zero attached hydrogens (tertiary/aromatic N) is 2. The van der Waals surface area contributed by atoms with E-state index in [1.807, 2.05) is 32.9 Å². The minimum atomic E-state index is -5.40. The second-order valence-electron chi connectivity index (χ2n) is 13.3. The lowest BCUT2D eigenvalue weighted by molar-refractivity contribution is 0.399. The van der Waals surface area contributed by atoms with E-state index in [1.54, 1.807) is 31.2 Å². The van der Waals surface area contributed by atoms with E-state index in [9.17, 15) is 36.2 Å². The molecule has 54 heavy (non-hydrogen) atoms. The number of aryl methyl sites for hydroxylation is 2. The van der Waals surface area contributed by atoms with Crippen LogP contribution in [0.2, 0.25) is 0 Å². The van der Waals surface area contributed by atoms with E-state index >= 15 is 0 Å². The number of nitrogens with one attached hydrogen (secondary N) is 2. The van der Waals surface area contributed by atoms with Crippen LogP contribution in [0, 0.1) is 17.0 Å². The molecule has 280 valence electrons. The number of phenolic OH excluding ortho intramolecular Hbond substituents is 2. The predicted octanol–water partition coefficient (Wildman–Crippen LogP) is 10.1. The maximum Gasteiger partial charge on any atom is 0.297 e. The van der Waals surface area contributed by atoms with Crippen LogP contribution in [0.4, 0.5) is 11.4 Å². The molecule has 0 aliphatic heterocycles. The number of hydrogen-bond donors (Lipinski definition) is 6. The molecule has 5 aromatic carbocycles. The first-order valence-electron chi connectivity index (χ1n) is 17.5. The van der Waals surface area contributed by atoms with Crippen LogP contribution < -0.4 is 0 Å². The number of benzene rings is 5. The van der Waals surface area contributed by atoms with E-state index in [0.29, 0.717) is 5.57 Å². The number of aromatic hydroxyl groups is 2. The summed E-state index contributed by atoms with van der Waals surface area (Å²) in [5, 5.41) is 30.0. The third-order valence-corrected chi connectivity index (χ3v) is 12.4. The molecular weight excluding hydrogens is 729 g/mol. The predicted molar refractivity (Wildman–Crippen MR) is 207 cm³/mol. The summed E-state index contributed by atoms with van der Waals surface area (Å²) in [6.07, 6.45) is 5.59. The van der Waals surface area contributed by atoms with Crippen molar-refractivity contribution in [3.05, 3.63) is 112 Å². The first-order valence-corrected chi connectivity index (χ1v) is 20.3. The number of rotatable bonds is 11. The van der Waals surface area contributed by atoms with Gasteiger partial charge in [0.25, 0.3) is 20.2 Å². The van der Waals surface area contributed by atoms with Crippen molar-refractivity contribution >= 4 is 58.7 Å². The van der Waals surface area contributed by atoms with Gasteiger partial charge in [-0.2, -0.15) is 27.1 Å². The lowest BCUT2D eigenvalue weighted by Crippen LogP contribution is -2.42. The maximum atomic E-state index is 13.8. The van der Waals surface area contributed by atoms with Gasteiger partial charge in [0.15, 0.2) is 11.5 Å². The maximum absolute atomic E-state index is 13.8. The molecule has 0 spiro atoms. The highest BCUT2D eigenvalue weighted by Gasteiger charge is 2.53. The lowest BCUT2D eigenvalue weighted by Gasteiger charge is -2.47. The zero-order valence-electron chi connectivity index (χ0n) is 30.0. The summed E-state index contributed by atoms with van der Waals surface area (Å²) in [5.41, 5.74) is 16.4. The van der Waals surface area contributed by atoms with Gasteiger partial charge in [-0.05, 0) is 75.8 Å². The Morgan fingerprint density at radius 3 is 1.44 bits per heavy atom. The van der Waals surface area contributed by atoms with Crippen LogP contribution in [0.5, 0.6) is 11.5 Å². The largest absolute Gasteiger partial charge is 0.505 e. The van der Waals surface area contributed by atoms with Crippen molar-refractivity contribution in [1.29, 1.82) is 11.1 Å². The van der Waals surface area contributed by atoms with Gasteiger partial charge in [-0.25, -0.2) is 11.1 Å². The zero-order chi connectivity index (χ0) is 39.3. The molecule has 6 rings (SSSR count). The van der Waals surface area contributed by atoms with E-state index in [-0.39, 0.29) is 45.5 Å². The van der Waals surface area contributed by atoms with Crippen molar-refractivity contribution < 1.29 is 36.2 Å². The van der Waals surface area contributed by atoms with Crippen LogP contribution in [0.15, 0.2) is 104 Å². The number of fused-ring (bicyclic) bond motifs is 2. The Balaban J connectivity index is 2.01. The summed E-state index contributed by atoms with van der Waals surface area (Å²) in [7, 11) is -10.8. The number of phenols is 2. The van der Waals surface area contributed by atoms with Crippen LogP contribution >= 0.6 is 0 Å². The first-order chi connectivity index (χ1) is 25.6. The molecule has 12 nitrogen and oxygen atoms in total. The third-order valence-electron chi connectivity index (χ3n) is 10.6. The number of allylic oxidation sites excluding steroid dienone is 4. The van der Waals surface area contributed by atoms with Gasteiger partial charge in [-0.1, -0.05) is 112 Å². The third kappa shape index (κ3) is 5.89. The molecule has 1 aliphatic rings. The van der Waals surface area contributed by atoms with E-state index in [0.717, 1.165) is 35.1 Å². The van der Waals surface area contributed by atoms with E-state index in [2.05, 4.69) is 28.4 Å². The Kier molecular flexibility index (Phi) is 10.1. The van der Waals surface area contributed by atoms with Gasteiger partial charge in [0, 0.05) is 10.8 Å². The highest BCUT2D eigenvalue weighted by atomic mass is 32.2. The topological polar surface area (TPSA) is 222 Å². The molecule has 0 bridgehead atoms. The van der Waals surface area contributed by atoms with Gasteiger partial charge >= 0.3 is 0 Å². The second kappa shape index (κ2) is 14.2. The van der Waals surface area contributed by atoms with Gasteiger partial charge in [0.2, 0.25) is 0 Å². The normalized spacial score (nSPS) is 17.7. The smallest absolute Gasteiger partial charge is 0.297 e. The molecule has 0 saturated heterocycles. The fraction of sp³-hybridized carbons (Fsp3) is 0.250. The molecular formula is C40H40N4O8S2. The molecule has 0 aromatic heterocycles. The minimum Gasteiger partial charge on any atom is -0.505 e. The van der Waals surface area contributed by atoms with Gasteiger partial charge in [0.05, 0.1) is 5.41 Å². The summed E-state index contributed by atoms with van der Waals surface area (Å²) < 4.78 is 77.5. The van der Waals surface area contributed by atoms with E-state index in [1.165, 1.54) is 24.3 Å². The molecule has 5 aromatic rings. The summed E-state index contributed by atoms with van der Waals surface area (Å²) in [6.45, 7) is 7.71. The summed E-state index contributed by atoms with van der Waals surface area (Å²) in [4.78, 5) is -1.88. The van der Waals surface area contributed by atoms with Crippen molar-refractivity contribution in [2.24, 2.45) is 16.1 Å². The Morgan fingerprint density at radius 1 is 0.667 bits per heavy atom. The van der Waals surface area contributed by atoms with E-state index < -0.39 is 64.2 Å². The molecule has 14 heteroatoms. The molecule has 1 aliphatic carbocycles. The van der Waals surface area contributed by atoms with Crippen molar-refractivity contribution in [3.8, 4) is 11.5 Å². The molecule has 0 fully saturated rings. The molecule has 0 heterocycles. The standard InChI is InChI=1S/C40H40N4O8S2/c1-5-22-17-23(6-2)19-24(18-22)25-20-26(7-3)40(27(8-4)21-25,32-28-13-9-11-15-30(28)36(45)34(43-41)38(32)53(47,48)49)33-29-14-10-12-16-31(29)37(46)35(44-42)39(33)54(50,51)52/h9-21,26,41-42,45-46H,5-8H2,1-4H3,(H,47,48,49)(H,50,51,52). The fourth-order valence-corrected chi connectivity index (χ4v) is 10.2. The molecule has 1 unspecified atom stereocenters. The average molecular weight is 769 g/mol. The quantitative estimate of drug-likeness (QED) is 0.0559. The van der Waals surface area contributed by atoms with Gasteiger partial charge in [-0.15, -0.1) is 0 Å². The van der Waals surface area contributed by atoms with Crippen LogP contribution in [-0.2, 0) is 38.5 Å². The highest BCUT2D eigenvalue weighted by Crippen LogP contribution is 2.62. The molecule has 1 atom stereocenters. The molecule has 0 saturated carbocycles. The van der Waals surface area contributed by atoms with Crippen LogP contribution in [-0.4, -0.2) is 36.2 Å². The minimum absolute atomic E-state index is 0.0514. The zero-order valence-corrected chi connectivity index (χ0v) is 31.7. The Hall–Kier alpha value is -5.28. The second-order valence-corrected chi connectivity index (χ2v) is 16.0. The summed E-state index contributed by atoms with van der Waals surface area (Å²) in [6, 6.07) is 18.5. The molecule has 6 N–H and O–H groups in total. The lowest BCUT2D eigenvalue weighted by atomic mass is 9.55. The fourth-order valence-electron chi connectivity index (χ4n) is 8.33.